The van der Waals surface area contributed by atoms with Crippen LogP contribution < -0.4 is 14.8 Å². The van der Waals surface area contributed by atoms with Crippen molar-refractivity contribution in [3.63, 3.8) is 0 Å². The number of ether oxygens (including phenoxy) is 2. The Hall–Kier alpha value is -2.22. The summed E-state index contributed by atoms with van der Waals surface area (Å²) in [6.45, 7) is 5.59. The Bertz CT molecular complexity index is 498. The van der Waals surface area contributed by atoms with E-state index in [1.165, 1.54) is 7.11 Å². The topological polar surface area (TPSA) is 71.3 Å². The van der Waals surface area contributed by atoms with E-state index in [1.54, 1.807) is 18.2 Å². The second-order valence-electron chi connectivity index (χ2n) is 5.06. The van der Waals surface area contributed by atoms with Crippen LogP contribution in [0.4, 0.5) is 0 Å². The monoisotopic (exact) mass is 262 g/mol. The van der Waals surface area contributed by atoms with Gasteiger partial charge in [-0.15, -0.1) is 0 Å². The Morgan fingerprint density at radius 3 is 2.58 bits per heavy atom. The number of hydrogen-bond acceptors (Lipinski definition) is 4. The van der Waals surface area contributed by atoms with Crippen LogP contribution in [0.2, 0.25) is 0 Å². The average Bonchev–Trinajstić information content (AvgIpc) is 2.34. The number of rotatable bonds is 4. The van der Waals surface area contributed by atoms with Crippen molar-refractivity contribution in [3.8, 4) is 17.6 Å². The van der Waals surface area contributed by atoms with Crippen LogP contribution in [0.25, 0.3) is 0 Å². The van der Waals surface area contributed by atoms with Crippen LogP contribution in [0.5, 0.6) is 11.5 Å². The van der Waals surface area contributed by atoms with Crippen molar-refractivity contribution in [3.05, 3.63) is 23.8 Å². The van der Waals surface area contributed by atoms with Gasteiger partial charge in [-0.3, -0.25) is 4.79 Å². The first-order chi connectivity index (χ1) is 8.85. The van der Waals surface area contributed by atoms with E-state index in [0.717, 1.165) is 0 Å². The molecule has 5 nitrogen and oxygen atoms in total. The lowest BCUT2D eigenvalue weighted by atomic mass is 10.1. The van der Waals surface area contributed by atoms with Gasteiger partial charge in [-0.25, -0.2) is 0 Å². The van der Waals surface area contributed by atoms with Crippen molar-refractivity contribution < 1.29 is 14.3 Å². The predicted octanol–water partition coefficient (Wildman–Crippen LogP) is 1.86. The molecule has 102 valence electrons. The molecule has 0 unspecified atom stereocenters. The molecule has 1 amide bonds. The zero-order chi connectivity index (χ0) is 14.5. The normalized spacial score (nSPS) is 10.5. The zero-order valence-corrected chi connectivity index (χ0v) is 11.6. The fourth-order valence-corrected chi connectivity index (χ4v) is 1.45. The van der Waals surface area contributed by atoms with E-state index in [0.29, 0.717) is 17.1 Å². The largest absolute Gasteiger partial charge is 0.493 e. The van der Waals surface area contributed by atoms with Gasteiger partial charge in [0.05, 0.1) is 18.7 Å². The van der Waals surface area contributed by atoms with Crippen LogP contribution in [-0.2, 0) is 4.79 Å². The van der Waals surface area contributed by atoms with Gasteiger partial charge in [-0.1, -0.05) is 0 Å². The highest BCUT2D eigenvalue weighted by Crippen LogP contribution is 2.27. The number of hydrogen-bond donors (Lipinski definition) is 1. The molecule has 0 saturated carbocycles. The lowest BCUT2D eigenvalue weighted by Gasteiger charge is -2.20. The molecule has 0 heterocycles. The molecule has 0 spiro atoms. The predicted molar refractivity (Wildman–Crippen MR) is 71.1 cm³/mol. The zero-order valence-electron chi connectivity index (χ0n) is 11.6. The maximum atomic E-state index is 11.6. The quantitative estimate of drug-likeness (QED) is 0.899. The number of nitrogens with one attached hydrogen (secondary N) is 1. The maximum Gasteiger partial charge on any atom is 0.258 e. The molecule has 1 N–H and O–H groups in total. The molecule has 0 bridgehead atoms. The highest BCUT2D eigenvalue weighted by Gasteiger charge is 2.15. The van der Waals surface area contributed by atoms with Gasteiger partial charge in [0, 0.05) is 11.6 Å². The Balaban J connectivity index is 2.68. The molecule has 0 radical (unpaired) electrons. The van der Waals surface area contributed by atoms with E-state index < -0.39 is 0 Å². The molecule has 1 rings (SSSR count). The molecule has 1 aromatic carbocycles. The number of benzene rings is 1. The molecule has 0 fully saturated rings. The lowest BCUT2D eigenvalue weighted by molar-refractivity contribution is -0.124. The lowest BCUT2D eigenvalue weighted by Crippen LogP contribution is -2.43. The number of nitriles is 1. The average molecular weight is 262 g/mol. The summed E-state index contributed by atoms with van der Waals surface area (Å²) in [5.74, 6) is 0.659. The van der Waals surface area contributed by atoms with Gasteiger partial charge in [0.25, 0.3) is 5.91 Å². The van der Waals surface area contributed by atoms with E-state index in [-0.39, 0.29) is 18.1 Å². The molecule has 0 aliphatic carbocycles. The maximum absolute atomic E-state index is 11.6. The molecule has 5 heteroatoms. The van der Waals surface area contributed by atoms with Gasteiger partial charge in [-0.05, 0) is 32.9 Å². The second-order valence-corrected chi connectivity index (χ2v) is 5.06. The number of amides is 1. The van der Waals surface area contributed by atoms with Crippen molar-refractivity contribution in [1.82, 2.24) is 5.32 Å². The van der Waals surface area contributed by atoms with Crippen LogP contribution in [0, 0.1) is 11.3 Å². The van der Waals surface area contributed by atoms with Crippen LogP contribution in [0.15, 0.2) is 18.2 Å². The fraction of sp³-hybridized carbons (Fsp3) is 0.429. The van der Waals surface area contributed by atoms with E-state index in [2.05, 4.69) is 5.32 Å². The Labute approximate surface area is 113 Å². The summed E-state index contributed by atoms with van der Waals surface area (Å²) in [6.07, 6.45) is 0. The Kier molecular flexibility index (Phi) is 4.76. The van der Waals surface area contributed by atoms with Crippen molar-refractivity contribution in [2.24, 2.45) is 0 Å². The summed E-state index contributed by atoms with van der Waals surface area (Å²) < 4.78 is 10.5. The SMILES string of the molecule is COc1cc(C#N)ccc1OCC(=O)NC(C)(C)C. The first-order valence-corrected chi connectivity index (χ1v) is 5.87. The fourth-order valence-electron chi connectivity index (χ4n) is 1.45. The van der Waals surface area contributed by atoms with Crippen molar-refractivity contribution in [2.45, 2.75) is 26.3 Å². The number of carbonyl (C=O) groups excluding carboxylic acids is 1. The number of carbonyl (C=O) groups is 1. The third-order valence-corrected chi connectivity index (χ3v) is 2.17. The third kappa shape index (κ3) is 4.88. The van der Waals surface area contributed by atoms with Gasteiger partial charge < -0.3 is 14.8 Å². The van der Waals surface area contributed by atoms with E-state index in [4.69, 9.17) is 14.7 Å². The summed E-state index contributed by atoms with van der Waals surface area (Å²) >= 11 is 0. The third-order valence-electron chi connectivity index (χ3n) is 2.17. The van der Waals surface area contributed by atoms with Gasteiger partial charge in [0.15, 0.2) is 18.1 Å². The second kappa shape index (κ2) is 6.10. The van der Waals surface area contributed by atoms with Crippen LogP contribution in [0.1, 0.15) is 26.3 Å². The van der Waals surface area contributed by atoms with Crippen LogP contribution >= 0.6 is 0 Å². The Morgan fingerprint density at radius 2 is 2.05 bits per heavy atom. The number of nitrogens with zero attached hydrogens (tertiary/aromatic N) is 1. The summed E-state index contributed by atoms with van der Waals surface area (Å²) in [5.41, 5.74) is 0.179. The van der Waals surface area contributed by atoms with Crippen molar-refractivity contribution >= 4 is 5.91 Å². The molecule has 0 saturated heterocycles. The van der Waals surface area contributed by atoms with Crippen molar-refractivity contribution in [2.75, 3.05) is 13.7 Å². The van der Waals surface area contributed by atoms with Gasteiger partial charge >= 0.3 is 0 Å². The standard InChI is InChI=1S/C14H18N2O3/c1-14(2,3)16-13(17)9-19-11-6-5-10(8-15)7-12(11)18-4/h5-7H,9H2,1-4H3,(H,16,17). The summed E-state index contributed by atoms with van der Waals surface area (Å²) in [4.78, 5) is 11.6. The first-order valence-electron chi connectivity index (χ1n) is 5.87. The van der Waals surface area contributed by atoms with Crippen LogP contribution in [0.3, 0.4) is 0 Å². The first kappa shape index (κ1) is 14.8. The molecule has 0 atom stereocenters. The summed E-state index contributed by atoms with van der Waals surface area (Å²) in [6, 6.07) is 6.80. The highest BCUT2D eigenvalue weighted by atomic mass is 16.5. The minimum atomic E-state index is -0.296. The highest BCUT2D eigenvalue weighted by molar-refractivity contribution is 5.78. The minimum Gasteiger partial charge on any atom is -0.493 e. The smallest absolute Gasteiger partial charge is 0.258 e. The summed E-state index contributed by atoms with van der Waals surface area (Å²) in [5, 5.41) is 11.6. The van der Waals surface area contributed by atoms with Gasteiger partial charge in [0.2, 0.25) is 0 Å². The number of methoxy groups -OCH3 is 1. The molecular formula is C14H18N2O3. The van der Waals surface area contributed by atoms with Crippen molar-refractivity contribution in [1.29, 1.82) is 5.26 Å². The molecule has 0 aliphatic heterocycles. The van der Waals surface area contributed by atoms with E-state index in [9.17, 15) is 4.79 Å². The molecular weight excluding hydrogens is 244 g/mol. The Morgan fingerprint density at radius 1 is 1.37 bits per heavy atom. The summed E-state index contributed by atoms with van der Waals surface area (Å²) in [7, 11) is 1.48. The molecule has 19 heavy (non-hydrogen) atoms. The molecule has 0 aromatic heterocycles. The van der Waals surface area contributed by atoms with Gasteiger partial charge in [0.1, 0.15) is 0 Å². The molecule has 1 aromatic rings. The minimum absolute atomic E-state index is 0.0977. The van der Waals surface area contributed by atoms with E-state index in [1.807, 2.05) is 26.8 Å². The van der Waals surface area contributed by atoms with E-state index >= 15 is 0 Å². The van der Waals surface area contributed by atoms with Gasteiger partial charge in [-0.2, -0.15) is 5.26 Å². The van der Waals surface area contributed by atoms with Crippen LogP contribution in [-0.4, -0.2) is 25.2 Å². The molecule has 0 aliphatic rings.